The SMILES string of the molecule is CCCNC(=O)N1CCc2c(c(C(=O)OCC)nn2-c2ccc(OC)cc2)C1. The molecule has 1 N–H and O–H groups in total. The van der Waals surface area contributed by atoms with Gasteiger partial charge in [-0.1, -0.05) is 6.92 Å². The van der Waals surface area contributed by atoms with Crippen molar-refractivity contribution in [3.05, 3.63) is 41.2 Å². The highest BCUT2D eigenvalue weighted by Crippen LogP contribution is 2.27. The van der Waals surface area contributed by atoms with Crippen LogP contribution in [0.1, 0.15) is 42.0 Å². The van der Waals surface area contributed by atoms with E-state index in [0.717, 1.165) is 29.1 Å². The van der Waals surface area contributed by atoms with E-state index < -0.39 is 5.97 Å². The summed E-state index contributed by atoms with van der Waals surface area (Å²) in [4.78, 5) is 26.6. The van der Waals surface area contributed by atoms with E-state index in [1.807, 2.05) is 31.2 Å². The van der Waals surface area contributed by atoms with Crippen molar-refractivity contribution in [1.82, 2.24) is 20.0 Å². The van der Waals surface area contributed by atoms with Crippen LogP contribution in [0.2, 0.25) is 0 Å². The molecule has 0 fully saturated rings. The first-order valence-electron chi connectivity index (χ1n) is 9.54. The summed E-state index contributed by atoms with van der Waals surface area (Å²) in [6, 6.07) is 7.35. The first-order valence-corrected chi connectivity index (χ1v) is 9.54. The van der Waals surface area contributed by atoms with E-state index in [4.69, 9.17) is 9.47 Å². The Bertz CT molecular complexity index is 845. The van der Waals surface area contributed by atoms with Gasteiger partial charge in [-0.15, -0.1) is 0 Å². The van der Waals surface area contributed by atoms with E-state index in [9.17, 15) is 9.59 Å². The molecule has 3 rings (SSSR count). The van der Waals surface area contributed by atoms with Gasteiger partial charge in [0.15, 0.2) is 5.69 Å². The van der Waals surface area contributed by atoms with Gasteiger partial charge in [0.1, 0.15) is 5.75 Å². The Morgan fingerprint density at radius 2 is 1.96 bits per heavy atom. The number of hydrogen-bond acceptors (Lipinski definition) is 5. The van der Waals surface area contributed by atoms with Gasteiger partial charge in [-0.05, 0) is 37.6 Å². The normalized spacial score (nSPS) is 13.0. The molecule has 2 heterocycles. The van der Waals surface area contributed by atoms with E-state index in [1.54, 1.807) is 23.6 Å². The van der Waals surface area contributed by atoms with Gasteiger partial charge in [0.25, 0.3) is 0 Å². The maximum absolute atomic E-state index is 12.5. The fourth-order valence-corrected chi connectivity index (χ4v) is 3.24. The van der Waals surface area contributed by atoms with E-state index in [2.05, 4.69) is 10.4 Å². The number of esters is 1. The largest absolute Gasteiger partial charge is 0.497 e. The molecular weight excluding hydrogens is 360 g/mol. The lowest BCUT2D eigenvalue weighted by atomic mass is 10.1. The highest BCUT2D eigenvalue weighted by molar-refractivity contribution is 5.89. The zero-order valence-electron chi connectivity index (χ0n) is 16.5. The monoisotopic (exact) mass is 386 g/mol. The van der Waals surface area contributed by atoms with Gasteiger partial charge >= 0.3 is 12.0 Å². The Morgan fingerprint density at radius 1 is 1.21 bits per heavy atom. The molecular formula is C20H26N4O4. The number of amides is 2. The number of nitrogens with zero attached hydrogens (tertiary/aromatic N) is 3. The molecule has 0 unspecified atom stereocenters. The predicted molar refractivity (Wildman–Crippen MR) is 104 cm³/mol. The van der Waals surface area contributed by atoms with Crippen LogP contribution >= 0.6 is 0 Å². The highest BCUT2D eigenvalue weighted by atomic mass is 16.5. The zero-order valence-corrected chi connectivity index (χ0v) is 16.5. The van der Waals surface area contributed by atoms with Gasteiger partial charge in [0.05, 0.1) is 31.6 Å². The summed E-state index contributed by atoms with van der Waals surface area (Å²) in [6.07, 6.45) is 1.47. The fourth-order valence-electron chi connectivity index (χ4n) is 3.24. The third kappa shape index (κ3) is 3.95. The number of methoxy groups -OCH3 is 1. The molecule has 1 aliphatic rings. The van der Waals surface area contributed by atoms with Crippen LogP contribution < -0.4 is 10.1 Å². The highest BCUT2D eigenvalue weighted by Gasteiger charge is 2.31. The first-order chi connectivity index (χ1) is 13.6. The van der Waals surface area contributed by atoms with Crippen molar-refractivity contribution in [3.8, 4) is 11.4 Å². The molecule has 0 atom stereocenters. The second-order valence-electron chi connectivity index (χ2n) is 6.51. The van der Waals surface area contributed by atoms with Crippen LogP contribution in [-0.4, -0.2) is 53.5 Å². The number of rotatable bonds is 6. The minimum atomic E-state index is -0.471. The number of ether oxygens (including phenoxy) is 2. The third-order valence-corrected chi connectivity index (χ3v) is 4.66. The molecule has 8 nitrogen and oxygen atoms in total. The number of benzene rings is 1. The van der Waals surface area contributed by atoms with E-state index in [-0.39, 0.29) is 18.3 Å². The molecule has 1 aliphatic heterocycles. The molecule has 1 aromatic carbocycles. The fraction of sp³-hybridized carbons (Fsp3) is 0.450. The summed E-state index contributed by atoms with van der Waals surface area (Å²) < 4.78 is 12.2. The third-order valence-electron chi connectivity index (χ3n) is 4.66. The van der Waals surface area contributed by atoms with Gasteiger partial charge in [-0.3, -0.25) is 0 Å². The molecule has 0 saturated carbocycles. The van der Waals surface area contributed by atoms with Crippen LogP contribution in [0, 0.1) is 0 Å². The topological polar surface area (TPSA) is 85.7 Å². The Balaban J connectivity index is 1.96. The summed E-state index contributed by atoms with van der Waals surface area (Å²) in [5, 5.41) is 7.42. The van der Waals surface area contributed by atoms with E-state index in [0.29, 0.717) is 26.1 Å². The van der Waals surface area contributed by atoms with Crippen LogP contribution in [0.4, 0.5) is 4.79 Å². The van der Waals surface area contributed by atoms with Crippen molar-refractivity contribution in [3.63, 3.8) is 0 Å². The van der Waals surface area contributed by atoms with Crippen molar-refractivity contribution in [2.75, 3.05) is 26.8 Å². The standard InChI is InChI=1S/C20H26N4O4/c1-4-11-21-20(26)23-12-10-17-16(13-23)18(19(25)28-5-2)22-24(17)14-6-8-15(27-3)9-7-14/h6-9H,4-5,10-13H2,1-3H3,(H,21,26). The Hall–Kier alpha value is -3.03. The molecule has 0 aliphatic carbocycles. The molecule has 150 valence electrons. The molecule has 0 saturated heterocycles. The van der Waals surface area contributed by atoms with Gasteiger partial charge < -0.3 is 19.7 Å². The lowest BCUT2D eigenvalue weighted by molar-refractivity contribution is 0.0516. The van der Waals surface area contributed by atoms with Gasteiger partial charge in [-0.25, -0.2) is 14.3 Å². The lowest BCUT2D eigenvalue weighted by Gasteiger charge is -2.28. The number of aromatic nitrogens is 2. The average molecular weight is 386 g/mol. The van der Waals surface area contributed by atoms with Gasteiger partial charge in [0, 0.05) is 25.1 Å². The number of fused-ring (bicyclic) bond motifs is 1. The van der Waals surface area contributed by atoms with Gasteiger partial charge in [0.2, 0.25) is 0 Å². The molecule has 0 radical (unpaired) electrons. The van der Waals surface area contributed by atoms with Crippen molar-refractivity contribution in [1.29, 1.82) is 0 Å². The maximum Gasteiger partial charge on any atom is 0.359 e. The number of carbonyl (C=O) groups excluding carboxylic acids is 2. The Labute approximate surface area is 164 Å². The summed E-state index contributed by atoms with van der Waals surface area (Å²) in [5.74, 6) is 0.274. The molecule has 0 bridgehead atoms. The number of hydrogen-bond donors (Lipinski definition) is 1. The van der Waals surface area contributed by atoms with Crippen LogP contribution in [0.5, 0.6) is 5.75 Å². The van der Waals surface area contributed by atoms with Crippen molar-refractivity contribution in [2.24, 2.45) is 0 Å². The Morgan fingerprint density at radius 3 is 2.61 bits per heavy atom. The predicted octanol–water partition coefficient (Wildman–Crippen LogP) is 2.54. The molecule has 0 spiro atoms. The minimum absolute atomic E-state index is 0.125. The van der Waals surface area contributed by atoms with E-state index in [1.165, 1.54) is 0 Å². The smallest absolute Gasteiger partial charge is 0.359 e. The summed E-state index contributed by atoms with van der Waals surface area (Å²) in [6.45, 7) is 5.55. The van der Waals surface area contributed by atoms with Crippen LogP contribution in [-0.2, 0) is 17.7 Å². The van der Waals surface area contributed by atoms with Crippen molar-refractivity contribution < 1.29 is 19.1 Å². The number of carbonyl (C=O) groups is 2. The van der Waals surface area contributed by atoms with Crippen LogP contribution in [0.25, 0.3) is 5.69 Å². The van der Waals surface area contributed by atoms with E-state index >= 15 is 0 Å². The minimum Gasteiger partial charge on any atom is -0.497 e. The molecule has 28 heavy (non-hydrogen) atoms. The second kappa shape index (κ2) is 8.77. The summed E-state index contributed by atoms with van der Waals surface area (Å²) in [7, 11) is 1.61. The second-order valence-corrected chi connectivity index (χ2v) is 6.51. The maximum atomic E-state index is 12.5. The molecule has 1 aromatic heterocycles. The Kier molecular flexibility index (Phi) is 6.18. The molecule has 2 aromatic rings. The number of nitrogens with one attached hydrogen (secondary N) is 1. The summed E-state index contributed by atoms with van der Waals surface area (Å²) in [5.41, 5.74) is 2.76. The number of urea groups is 1. The van der Waals surface area contributed by atoms with Crippen molar-refractivity contribution >= 4 is 12.0 Å². The summed E-state index contributed by atoms with van der Waals surface area (Å²) >= 11 is 0. The average Bonchev–Trinajstić information content (AvgIpc) is 3.11. The van der Waals surface area contributed by atoms with Crippen molar-refractivity contribution in [2.45, 2.75) is 33.2 Å². The molecule has 2 amide bonds. The zero-order chi connectivity index (χ0) is 20.1. The van der Waals surface area contributed by atoms with Crippen LogP contribution in [0.15, 0.2) is 24.3 Å². The molecule has 8 heteroatoms. The quantitative estimate of drug-likeness (QED) is 0.771. The lowest BCUT2D eigenvalue weighted by Crippen LogP contribution is -2.43. The first kappa shape index (κ1) is 19.7. The van der Waals surface area contributed by atoms with Crippen LogP contribution in [0.3, 0.4) is 0 Å². The van der Waals surface area contributed by atoms with Gasteiger partial charge in [-0.2, -0.15) is 5.10 Å².